The normalized spacial score (nSPS) is 11.4. The summed E-state index contributed by atoms with van der Waals surface area (Å²) < 4.78 is 5.07. The van der Waals surface area contributed by atoms with Gasteiger partial charge in [-0.15, -0.1) is 0 Å². The number of unbranched alkanes of at least 4 members (excludes halogenated alkanes) is 6. The number of allylic oxidation sites excluding steroid dienone is 3. The van der Waals surface area contributed by atoms with Crippen LogP contribution in [0.15, 0.2) is 24.3 Å². The Labute approximate surface area is 112 Å². The average Bonchev–Trinajstić information content (AvgIpc) is 2.37. The lowest BCUT2D eigenvalue weighted by atomic mass is 10.1. The van der Waals surface area contributed by atoms with E-state index in [9.17, 15) is 4.79 Å². The summed E-state index contributed by atoms with van der Waals surface area (Å²) in [6.07, 6.45) is 16.8. The minimum atomic E-state index is -0.0753. The van der Waals surface area contributed by atoms with Crippen molar-refractivity contribution < 1.29 is 9.53 Å². The van der Waals surface area contributed by atoms with E-state index in [0.717, 1.165) is 12.8 Å². The molecule has 2 heteroatoms. The van der Waals surface area contributed by atoms with Crippen molar-refractivity contribution in [3.63, 3.8) is 0 Å². The Morgan fingerprint density at radius 2 is 1.67 bits per heavy atom. The lowest BCUT2D eigenvalue weighted by Crippen LogP contribution is -2.03. The zero-order valence-electron chi connectivity index (χ0n) is 12.0. The minimum Gasteiger partial charge on any atom is -0.461 e. The van der Waals surface area contributed by atoms with E-state index in [1.165, 1.54) is 32.1 Å². The quantitative estimate of drug-likeness (QED) is 0.300. The Balaban J connectivity index is 3.26. The molecule has 104 valence electrons. The zero-order chi connectivity index (χ0) is 13.5. The maximum absolute atomic E-state index is 11.3. The molecule has 0 radical (unpaired) electrons. The molecule has 0 bridgehead atoms. The molecule has 0 N–H and O–H groups in total. The molecule has 0 aliphatic rings. The largest absolute Gasteiger partial charge is 0.461 e. The van der Waals surface area contributed by atoms with E-state index in [4.69, 9.17) is 4.74 Å². The summed E-state index contributed by atoms with van der Waals surface area (Å²) in [6, 6.07) is 0. The molecule has 0 rings (SSSR count). The van der Waals surface area contributed by atoms with Crippen LogP contribution in [0.5, 0.6) is 0 Å². The molecule has 0 unspecified atom stereocenters. The first-order valence-electron chi connectivity index (χ1n) is 7.24. The van der Waals surface area contributed by atoms with Gasteiger partial charge in [-0.1, -0.05) is 63.7 Å². The summed E-state index contributed by atoms with van der Waals surface area (Å²) in [4.78, 5) is 11.3. The van der Waals surface area contributed by atoms with Crippen LogP contribution in [-0.2, 0) is 9.53 Å². The van der Waals surface area contributed by atoms with Crippen LogP contribution in [0.1, 0.15) is 65.2 Å². The van der Waals surface area contributed by atoms with Crippen LogP contribution < -0.4 is 0 Å². The average molecular weight is 252 g/mol. The lowest BCUT2D eigenvalue weighted by molar-refractivity contribution is -0.142. The first-order chi connectivity index (χ1) is 8.81. The van der Waals surface area contributed by atoms with Crippen LogP contribution >= 0.6 is 0 Å². The summed E-state index contributed by atoms with van der Waals surface area (Å²) in [6.45, 7) is 4.57. The Hall–Kier alpha value is -1.05. The van der Waals surface area contributed by atoms with Gasteiger partial charge in [-0.2, -0.15) is 0 Å². The van der Waals surface area contributed by atoms with Gasteiger partial charge >= 0.3 is 5.97 Å². The maximum atomic E-state index is 11.3. The third kappa shape index (κ3) is 13.0. The summed E-state index contributed by atoms with van der Waals surface area (Å²) in [7, 11) is 0. The van der Waals surface area contributed by atoms with E-state index in [-0.39, 0.29) is 5.97 Å². The van der Waals surface area contributed by atoms with E-state index in [1.807, 2.05) is 31.2 Å². The third-order valence-electron chi connectivity index (χ3n) is 2.76. The smallest absolute Gasteiger partial charge is 0.306 e. The van der Waals surface area contributed by atoms with Gasteiger partial charge in [-0.25, -0.2) is 0 Å². The highest BCUT2D eigenvalue weighted by atomic mass is 16.5. The maximum Gasteiger partial charge on any atom is 0.306 e. The molecule has 0 saturated heterocycles. The molecule has 0 saturated carbocycles. The number of hydrogen-bond acceptors (Lipinski definition) is 2. The van der Waals surface area contributed by atoms with Crippen LogP contribution in [0.4, 0.5) is 0 Å². The second-order valence-corrected chi connectivity index (χ2v) is 4.51. The van der Waals surface area contributed by atoms with Gasteiger partial charge in [0, 0.05) is 6.42 Å². The molecular formula is C16H28O2. The van der Waals surface area contributed by atoms with Crippen LogP contribution in [-0.4, -0.2) is 12.6 Å². The fourth-order valence-corrected chi connectivity index (χ4v) is 1.68. The Morgan fingerprint density at radius 1 is 1.00 bits per heavy atom. The molecular weight excluding hydrogens is 224 g/mol. The SMILES string of the molecule is CC=CC=CCOC(=O)CCCCCCCCC. The first-order valence-corrected chi connectivity index (χ1v) is 7.24. The van der Waals surface area contributed by atoms with Gasteiger partial charge in [0.1, 0.15) is 6.61 Å². The fourth-order valence-electron chi connectivity index (χ4n) is 1.68. The van der Waals surface area contributed by atoms with Crippen molar-refractivity contribution in [2.75, 3.05) is 6.61 Å². The summed E-state index contributed by atoms with van der Waals surface area (Å²) in [5.41, 5.74) is 0. The second-order valence-electron chi connectivity index (χ2n) is 4.51. The van der Waals surface area contributed by atoms with E-state index < -0.39 is 0 Å². The van der Waals surface area contributed by atoms with Gasteiger partial charge in [0.25, 0.3) is 0 Å². The Morgan fingerprint density at radius 3 is 2.33 bits per heavy atom. The van der Waals surface area contributed by atoms with E-state index in [0.29, 0.717) is 13.0 Å². The number of esters is 1. The molecule has 0 heterocycles. The van der Waals surface area contributed by atoms with Crippen molar-refractivity contribution in [3.8, 4) is 0 Å². The topological polar surface area (TPSA) is 26.3 Å². The number of carbonyl (C=O) groups excluding carboxylic acids is 1. The van der Waals surface area contributed by atoms with Gasteiger partial charge in [-0.3, -0.25) is 4.79 Å². The van der Waals surface area contributed by atoms with Crippen molar-refractivity contribution in [3.05, 3.63) is 24.3 Å². The Bertz CT molecular complexity index is 241. The van der Waals surface area contributed by atoms with Crippen molar-refractivity contribution in [2.45, 2.75) is 65.2 Å². The number of ether oxygens (including phenoxy) is 1. The van der Waals surface area contributed by atoms with Crippen LogP contribution in [0, 0.1) is 0 Å². The van der Waals surface area contributed by atoms with Crippen LogP contribution in [0.2, 0.25) is 0 Å². The molecule has 0 aliphatic carbocycles. The summed E-state index contributed by atoms with van der Waals surface area (Å²) >= 11 is 0. The second kappa shape index (κ2) is 14.0. The van der Waals surface area contributed by atoms with E-state index in [2.05, 4.69) is 6.92 Å². The molecule has 0 fully saturated rings. The molecule has 0 aromatic carbocycles. The van der Waals surface area contributed by atoms with Crippen LogP contribution in [0.3, 0.4) is 0 Å². The van der Waals surface area contributed by atoms with Crippen molar-refractivity contribution in [1.82, 2.24) is 0 Å². The highest BCUT2D eigenvalue weighted by Gasteiger charge is 2.00. The molecule has 0 amide bonds. The van der Waals surface area contributed by atoms with E-state index >= 15 is 0 Å². The Kier molecular flexibility index (Phi) is 13.2. The van der Waals surface area contributed by atoms with Crippen molar-refractivity contribution in [1.29, 1.82) is 0 Å². The highest BCUT2D eigenvalue weighted by molar-refractivity contribution is 5.69. The lowest BCUT2D eigenvalue weighted by Gasteiger charge is -2.02. The molecule has 0 atom stereocenters. The predicted molar refractivity (Wildman–Crippen MR) is 77.5 cm³/mol. The van der Waals surface area contributed by atoms with Crippen LogP contribution in [0.25, 0.3) is 0 Å². The molecule has 0 spiro atoms. The molecule has 2 nitrogen and oxygen atoms in total. The van der Waals surface area contributed by atoms with Crippen molar-refractivity contribution >= 4 is 5.97 Å². The number of rotatable bonds is 11. The van der Waals surface area contributed by atoms with Gasteiger partial charge in [0.2, 0.25) is 0 Å². The standard InChI is InChI=1S/C16H28O2/c1-3-5-7-9-10-11-12-14-16(17)18-15-13-8-6-4-2/h4,6,8,13H,3,5,7,9-12,14-15H2,1-2H3. The monoisotopic (exact) mass is 252 g/mol. The number of carbonyl (C=O) groups is 1. The molecule has 0 aromatic rings. The summed E-state index contributed by atoms with van der Waals surface area (Å²) in [5.74, 6) is -0.0753. The van der Waals surface area contributed by atoms with E-state index in [1.54, 1.807) is 0 Å². The molecule has 0 aliphatic heterocycles. The van der Waals surface area contributed by atoms with Gasteiger partial charge < -0.3 is 4.74 Å². The number of hydrogen-bond donors (Lipinski definition) is 0. The zero-order valence-corrected chi connectivity index (χ0v) is 12.0. The van der Waals surface area contributed by atoms with Gasteiger partial charge in [0.15, 0.2) is 0 Å². The molecule has 0 aromatic heterocycles. The van der Waals surface area contributed by atoms with Crippen molar-refractivity contribution in [2.24, 2.45) is 0 Å². The third-order valence-corrected chi connectivity index (χ3v) is 2.76. The highest BCUT2D eigenvalue weighted by Crippen LogP contribution is 2.08. The molecule has 18 heavy (non-hydrogen) atoms. The van der Waals surface area contributed by atoms with Gasteiger partial charge in [-0.05, 0) is 19.4 Å². The minimum absolute atomic E-state index is 0.0753. The predicted octanol–water partition coefficient (Wildman–Crippen LogP) is 4.80. The fraction of sp³-hybridized carbons (Fsp3) is 0.688. The van der Waals surface area contributed by atoms with Gasteiger partial charge in [0.05, 0.1) is 0 Å². The summed E-state index contributed by atoms with van der Waals surface area (Å²) in [5, 5.41) is 0. The first kappa shape index (κ1) is 16.9.